The lowest BCUT2D eigenvalue weighted by atomic mass is 9.80. The first kappa shape index (κ1) is 12.6. The van der Waals surface area contributed by atoms with E-state index in [2.05, 4.69) is 17.0 Å². The average molecular weight is 237 g/mol. The maximum Gasteiger partial charge on any atom is 0.492 e. The van der Waals surface area contributed by atoms with Gasteiger partial charge < -0.3 is 10.0 Å². The van der Waals surface area contributed by atoms with Gasteiger partial charge in [0.15, 0.2) is 0 Å². The van der Waals surface area contributed by atoms with Crippen LogP contribution in [0, 0.1) is 0 Å². The van der Waals surface area contributed by atoms with Gasteiger partial charge in [-0.2, -0.15) is 5.10 Å². The van der Waals surface area contributed by atoms with Crippen LogP contribution in [0.3, 0.4) is 0 Å². The summed E-state index contributed by atoms with van der Waals surface area (Å²) in [5.41, 5.74) is 1.40. The van der Waals surface area contributed by atoms with Crippen molar-refractivity contribution < 1.29 is 10.0 Å². The second-order valence-electron chi connectivity index (χ2n) is 4.90. The van der Waals surface area contributed by atoms with Crippen molar-refractivity contribution in [3.05, 3.63) is 11.9 Å². The number of hydrogen-bond acceptors (Lipinski definition) is 4. The predicted octanol–water partition coefficient (Wildman–Crippen LogP) is -0.526. The fraction of sp³-hybridized carbons (Fsp3) is 0.727. The zero-order valence-corrected chi connectivity index (χ0v) is 10.5. The first-order valence-electron chi connectivity index (χ1n) is 6.16. The van der Waals surface area contributed by atoms with Gasteiger partial charge in [0.2, 0.25) is 0 Å². The molecule has 1 aliphatic carbocycles. The minimum atomic E-state index is -1.43. The molecule has 6 heteroatoms. The molecule has 1 aliphatic rings. The molecule has 0 atom stereocenters. The molecule has 2 rings (SSSR count). The van der Waals surface area contributed by atoms with Gasteiger partial charge in [0, 0.05) is 31.3 Å². The monoisotopic (exact) mass is 237 g/mol. The Labute approximate surface area is 102 Å². The summed E-state index contributed by atoms with van der Waals surface area (Å²) in [6, 6.07) is 0.619. The lowest BCUT2D eigenvalue weighted by molar-refractivity contribution is 0.232. The number of aryl methyl sites for hydroxylation is 1. The Morgan fingerprint density at radius 3 is 2.71 bits per heavy atom. The molecule has 0 unspecified atom stereocenters. The zero-order valence-electron chi connectivity index (χ0n) is 10.5. The van der Waals surface area contributed by atoms with Crippen molar-refractivity contribution in [3.63, 3.8) is 0 Å². The first-order chi connectivity index (χ1) is 8.09. The van der Waals surface area contributed by atoms with E-state index >= 15 is 0 Å². The maximum absolute atomic E-state index is 9.28. The van der Waals surface area contributed by atoms with E-state index < -0.39 is 7.12 Å². The van der Waals surface area contributed by atoms with Gasteiger partial charge in [0.25, 0.3) is 0 Å². The van der Waals surface area contributed by atoms with Gasteiger partial charge >= 0.3 is 7.12 Å². The van der Waals surface area contributed by atoms with Crippen LogP contribution in [0.4, 0.5) is 0 Å². The Kier molecular flexibility index (Phi) is 3.86. The van der Waals surface area contributed by atoms with E-state index in [9.17, 15) is 10.0 Å². The summed E-state index contributed by atoms with van der Waals surface area (Å²) >= 11 is 0. The molecule has 0 spiro atoms. The molecule has 0 amide bonds. The third-order valence-electron chi connectivity index (χ3n) is 3.72. The lowest BCUT2D eigenvalue weighted by Gasteiger charge is -2.24. The number of nitrogens with zero attached hydrogens (tertiary/aromatic N) is 3. The van der Waals surface area contributed by atoms with Crippen LogP contribution in [0.1, 0.15) is 31.4 Å². The van der Waals surface area contributed by atoms with Crippen LogP contribution in [-0.2, 0) is 13.6 Å². The molecule has 1 aromatic heterocycles. The van der Waals surface area contributed by atoms with E-state index in [-0.39, 0.29) is 0 Å². The van der Waals surface area contributed by atoms with E-state index in [0.29, 0.717) is 18.0 Å². The molecule has 0 aromatic carbocycles. The Balaban J connectivity index is 2.09. The third kappa shape index (κ3) is 2.70. The van der Waals surface area contributed by atoms with Crippen molar-refractivity contribution in [2.45, 2.75) is 38.3 Å². The average Bonchev–Trinajstić information content (AvgIpc) is 2.89. The third-order valence-corrected chi connectivity index (χ3v) is 3.72. The predicted molar refractivity (Wildman–Crippen MR) is 66.8 cm³/mol. The van der Waals surface area contributed by atoms with Crippen molar-refractivity contribution in [1.29, 1.82) is 0 Å². The quantitative estimate of drug-likeness (QED) is 0.691. The minimum absolute atomic E-state index is 0.511. The summed E-state index contributed by atoms with van der Waals surface area (Å²) in [5, 5.41) is 22.6. The zero-order chi connectivity index (χ0) is 12.4. The molecule has 0 radical (unpaired) electrons. The molecule has 94 valence electrons. The highest BCUT2D eigenvalue weighted by Gasteiger charge is 2.24. The van der Waals surface area contributed by atoms with Crippen LogP contribution < -0.4 is 5.46 Å². The van der Waals surface area contributed by atoms with E-state index in [1.165, 1.54) is 31.9 Å². The normalized spacial score (nSPS) is 17.0. The van der Waals surface area contributed by atoms with E-state index in [1.54, 1.807) is 4.68 Å². The van der Waals surface area contributed by atoms with Crippen LogP contribution in [0.2, 0.25) is 0 Å². The largest absolute Gasteiger partial charge is 0.492 e. The van der Waals surface area contributed by atoms with Crippen LogP contribution in [0.25, 0.3) is 0 Å². The summed E-state index contributed by atoms with van der Waals surface area (Å²) in [6.07, 6.45) is 6.62. The molecule has 17 heavy (non-hydrogen) atoms. The molecular weight excluding hydrogens is 217 g/mol. The standard InChI is InChI=1S/C11H20BN3O2/c1-14(9-5-3-4-6-9)8-11-10(12(16)17)7-13-15(11)2/h7,9,16-17H,3-6,8H2,1-2H3. The van der Waals surface area contributed by atoms with Gasteiger partial charge in [0.05, 0.1) is 5.69 Å². The van der Waals surface area contributed by atoms with Gasteiger partial charge in [-0.3, -0.25) is 9.58 Å². The Morgan fingerprint density at radius 2 is 2.12 bits per heavy atom. The van der Waals surface area contributed by atoms with Gasteiger partial charge in [0.1, 0.15) is 0 Å². The number of rotatable bonds is 4. The highest BCUT2D eigenvalue weighted by atomic mass is 16.4. The van der Waals surface area contributed by atoms with Crippen LogP contribution in [0.5, 0.6) is 0 Å². The lowest BCUT2D eigenvalue weighted by Crippen LogP contribution is -2.37. The first-order valence-corrected chi connectivity index (χ1v) is 6.16. The minimum Gasteiger partial charge on any atom is -0.423 e. The molecule has 5 nitrogen and oxygen atoms in total. The summed E-state index contributed by atoms with van der Waals surface area (Å²) in [6.45, 7) is 0.716. The van der Waals surface area contributed by atoms with Crippen molar-refractivity contribution in [2.75, 3.05) is 7.05 Å². The van der Waals surface area contributed by atoms with Crippen molar-refractivity contribution >= 4 is 12.6 Å². The smallest absolute Gasteiger partial charge is 0.423 e. The number of hydrogen-bond donors (Lipinski definition) is 2. The van der Waals surface area contributed by atoms with Crippen molar-refractivity contribution in [1.82, 2.24) is 14.7 Å². The van der Waals surface area contributed by atoms with Crippen molar-refractivity contribution in [3.8, 4) is 0 Å². The topological polar surface area (TPSA) is 61.5 Å². The molecular formula is C11H20BN3O2. The van der Waals surface area contributed by atoms with Crippen LogP contribution in [-0.4, -0.2) is 44.9 Å². The fourth-order valence-electron chi connectivity index (χ4n) is 2.60. The molecule has 0 saturated heterocycles. The molecule has 0 bridgehead atoms. The number of aromatic nitrogens is 2. The van der Waals surface area contributed by atoms with Crippen molar-refractivity contribution in [2.24, 2.45) is 7.05 Å². The molecule has 2 N–H and O–H groups in total. The van der Waals surface area contributed by atoms with E-state index in [0.717, 1.165) is 5.69 Å². The molecule has 1 saturated carbocycles. The summed E-state index contributed by atoms with van der Waals surface area (Å²) in [4.78, 5) is 2.29. The second-order valence-corrected chi connectivity index (χ2v) is 4.90. The molecule has 1 fully saturated rings. The summed E-state index contributed by atoms with van der Waals surface area (Å²) in [5.74, 6) is 0. The van der Waals surface area contributed by atoms with Gasteiger partial charge in [-0.1, -0.05) is 12.8 Å². The van der Waals surface area contributed by atoms with E-state index in [4.69, 9.17) is 0 Å². The van der Waals surface area contributed by atoms with Crippen LogP contribution >= 0.6 is 0 Å². The fourth-order valence-corrected chi connectivity index (χ4v) is 2.60. The summed E-state index contributed by atoms with van der Waals surface area (Å²) in [7, 11) is 2.50. The van der Waals surface area contributed by atoms with Gasteiger partial charge in [-0.15, -0.1) is 0 Å². The Bertz CT molecular complexity index is 375. The maximum atomic E-state index is 9.28. The summed E-state index contributed by atoms with van der Waals surface area (Å²) < 4.78 is 1.72. The highest BCUT2D eigenvalue weighted by Crippen LogP contribution is 2.23. The highest BCUT2D eigenvalue weighted by molar-refractivity contribution is 6.59. The van der Waals surface area contributed by atoms with Crippen LogP contribution in [0.15, 0.2) is 6.20 Å². The van der Waals surface area contributed by atoms with Gasteiger partial charge in [-0.25, -0.2) is 0 Å². The van der Waals surface area contributed by atoms with Gasteiger partial charge in [-0.05, 0) is 19.9 Å². The molecule has 1 heterocycles. The Hall–Kier alpha value is -0.845. The Morgan fingerprint density at radius 1 is 1.47 bits per heavy atom. The molecule has 1 aromatic rings. The van der Waals surface area contributed by atoms with E-state index in [1.807, 2.05) is 7.05 Å². The SMILES string of the molecule is CN(Cc1c(B(O)O)cnn1C)C1CCCC1. The second kappa shape index (κ2) is 5.20. The molecule has 0 aliphatic heterocycles.